The Morgan fingerprint density at radius 3 is 3.00 bits per heavy atom. The number of rotatable bonds is 4. The molecule has 1 aliphatic rings. The van der Waals surface area contributed by atoms with Crippen LogP contribution in [0.2, 0.25) is 0 Å². The van der Waals surface area contributed by atoms with Crippen LogP contribution in [0.4, 0.5) is 0 Å². The van der Waals surface area contributed by atoms with Gasteiger partial charge in [-0.05, 0) is 12.1 Å². The van der Waals surface area contributed by atoms with E-state index in [0.29, 0.717) is 17.8 Å². The van der Waals surface area contributed by atoms with Gasteiger partial charge in [-0.2, -0.15) is 16.7 Å². The molecule has 0 spiro atoms. The largest absolute Gasteiger partial charge is 0.489 e. The van der Waals surface area contributed by atoms with Gasteiger partial charge in [-0.3, -0.25) is 0 Å². The molecule has 1 aromatic carbocycles. The molecule has 94 valence electrons. The summed E-state index contributed by atoms with van der Waals surface area (Å²) in [4.78, 5) is 4.19. The molecule has 1 aliphatic heterocycles. The summed E-state index contributed by atoms with van der Waals surface area (Å²) >= 11 is 1.89. The van der Waals surface area contributed by atoms with Crippen molar-refractivity contribution in [1.82, 2.24) is 10.1 Å². The van der Waals surface area contributed by atoms with Crippen molar-refractivity contribution in [2.24, 2.45) is 5.73 Å². The molecule has 5 nitrogen and oxygen atoms in total. The highest BCUT2D eigenvalue weighted by Gasteiger charge is 2.20. The van der Waals surface area contributed by atoms with Gasteiger partial charge in [0.1, 0.15) is 11.9 Å². The molecular weight excluding hydrogens is 250 g/mol. The third kappa shape index (κ3) is 2.34. The molecule has 0 aliphatic carbocycles. The first-order valence-corrected chi connectivity index (χ1v) is 6.88. The van der Waals surface area contributed by atoms with Crippen molar-refractivity contribution in [1.29, 1.82) is 0 Å². The number of hydrogen-bond acceptors (Lipinski definition) is 6. The van der Waals surface area contributed by atoms with Gasteiger partial charge in [0.25, 0.3) is 0 Å². The summed E-state index contributed by atoms with van der Waals surface area (Å²) < 4.78 is 10.8. The molecule has 3 rings (SSSR count). The molecule has 0 unspecified atom stereocenters. The fraction of sp³-hybridized carbons (Fsp3) is 0.333. The lowest BCUT2D eigenvalue weighted by Gasteiger charge is -2.25. The highest BCUT2D eigenvalue weighted by atomic mass is 32.2. The lowest BCUT2D eigenvalue weighted by molar-refractivity contribution is 0.240. The van der Waals surface area contributed by atoms with E-state index in [0.717, 1.165) is 22.8 Å². The molecule has 0 atom stereocenters. The Labute approximate surface area is 109 Å². The molecule has 6 heteroatoms. The quantitative estimate of drug-likeness (QED) is 0.904. The Kier molecular flexibility index (Phi) is 3.21. The minimum absolute atomic E-state index is 0.252. The summed E-state index contributed by atoms with van der Waals surface area (Å²) in [6.45, 7) is 0.252. The average molecular weight is 263 g/mol. The third-order valence-electron chi connectivity index (χ3n) is 2.65. The van der Waals surface area contributed by atoms with E-state index in [-0.39, 0.29) is 6.54 Å². The predicted molar refractivity (Wildman–Crippen MR) is 69.4 cm³/mol. The van der Waals surface area contributed by atoms with Gasteiger partial charge in [0.15, 0.2) is 0 Å². The zero-order valence-electron chi connectivity index (χ0n) is 9.70. The molecular formula is C12H13N3O2S. The van der Waals surface area contributed by atoms with Crippen LogP contribution in [0.5, 0.6) is 5.75 Å². The maximum absolute atomic E-state index is 5.81. The second-order valence-corrected chi connectivity index (χ2v) is 5.10. The first kappa shape index (κ1) is 11.6. The van der Waals surface area contributed by atoms with Crippen LogP contribution in [0.25, 0.3) is 11.4 Å². The second kappa shape index (κ2) is 4.99. The van der Waals surface area contributed by atoms with Gasteiger partial charge in [-0.1, -0.05) is 17.3 Å². The maximum Gasteiger partial charge on any atom is 0.240 e. The van der Waals surface area contributed by atoms with Crippen molar-refractivity contribution in [3.8, 4) is 17.1 Å². The van der Waals surface area contributed by atoms with Gasteiger partial charge in [0.05, 0.1) is 6.54 Å². The molecule has 0 radical (unpaired) electrons. The van der Waals surface area contributed by atoms with Gasteiger partial charge >= 0.3 is 0 Å². The molecule has 2 heterocycles. The number of aromatic nitrogens is 2. The Hall–Kier alpha value is -1.53. The van der Waals surface area contributed by atoms with Gasteiger partial charge < -0.3 is 15.0 Å². The lowest BCUT2D eigenvalue weighted by Crippen LogP contribution is -2.30. The molecule has 0 bridgehead atoms. The number of hydrogen-bond donors (Lipinski definition) is 1. The maximum atomic E-state index is 5.81. The minimum atomic E-state index is 0.252. The highest BCUT2D eigenvalue weighted by Crippen LogP contribution is 2.26. The van der Waals surface area contributed by atoms with Crippen LogP contribution in [0.3, 0.4) is 0 Å². The van der Waals surface area contributed by atoms with Crippen LogP contribution in [0.15, 0.2) is 28.8 Å². The highest BCUT2D eigenvalue weighted by molar-refractivity contribution is 8.00. The zero-order chi connectivity index (χ0) is 12.4. The van der Waals surface area contributed by atoms with E-state index in [1.807, 2.05) is 36.0 Å². The van der Waals surface area contributed by atoms with E-state index in [9.17, 15) is 0 Å². The van der Waals surface area contributed by atoms with Crippen LogP contribution in [-0.2, 0) is 6.54 Å². The summed E-state index contributed by atoms with van der Waals surface area (Å²) in [6.07, 6.45) is 0.329. The first-order chi connectivity index (χ1) is 8.85. The minimum Gasteiger partial charge on any atom is -0.489 e. The van der Waals surface area contributed by atoms with Crippen molar-refractivity contribution >= 4 is 11.8 Å². The molecule has 18 heavy (non-hydrogen) atoms. The summed E-state index contributed by atoms with van der Waals surface area (Å²) in [5.41, 5.74) is 6.32. The van der Waals surface area contributed by atoms with E-state index in [2.05, 4.69) is 10.1 Å². The zero-order valence-corrected chi connectivity index (χ0v) is 10.5. The smallest absolute Gasteiger partial charge is 0.240 e. The number of nitrogens with two attached hydrogens (primary N) is 1. The van der Waals surface area contributed by atoms with Crippen LogP contribution >= 0.6 is 11.8 Å². The number of thioether (sulfide) groups is 1. The van der Waals surface area contributed by atoms with Gasteiger partial charge in [-0.25, -0.2) is 0 Å². The van der Waals surface area contributed by atoms with Crippen LogP contribution in [0.1, 0.15) is 5.89 Å². The van der Waals surface area contributed by atoms with Gasteiger partial charge in [0, 0.05) is 17.1 Å². The standard InChI is InChI=1S/C12H13N3O2S/c13-5-11-14-12(15-17-11)8-2-1-3-9(4-8)16-10-6-18-7-10/h1-4,10H,5-7,13H2. The normalized spacial score (nSPS) is 15.4. The second-order valence-electron chi connectivity index (χ2n) is 4.02. The monoisotopic (exact) mass is 263 g/mol. The Balaban J connectivity index is 1.80. The van der Waals surface area contributed by atoms with Crippen LogP contribution < -0.4 is 10.5 Å². The predicted octanol–water partition coefficient (Wildman–Crippen LogP) is 1.69. The molecule has 1 saturated heterocycles. The van der Waals surface area contributed by atoms with Crippen LogP contribution in [0, 0.1) is 0 Å². The average Bonchev–Trinajstić information content (AvgIpc) is 2.83. The molecule has 2 N–H and O–H groups in total. The van der Waals surface area contributed by atoms with Crippen LogP contribution in [-0.4, -0.2) is 27.8 Å². The third-order valence-corrected chi connectivity index (χ3v) is 3.86. The Morgan fingerprint density at radius 1 is 1.44 bits per heavy atom. The van der Waals surface area contributed by atoms with E-state index < -0.39 is 0 Å². The first-order valence-electron chi connectivity index (χ1n) is 5.72. The molecule has 2 aromatic rings. The fourth-order valence-electron chi connectivity index (χ4n) is 1.64. The van der Waals surface area contributed by atoms with Gasteiger partial charge in [-0.15, -0.1) is 0 Å². The van der Waals surface area contributed by atoms with Crippen molar-refractivity contribution in [3.63, 3.8) is 0 Å². The fourth-order valence-corrected chi connectivity index (χ4v) is 2.20. The summed E-state index contributed by atoms with van der Waals surface area (Å²) in [5.74, 6) is 3.94. The summed E-state index contributed by atoms with van der Waals surface area (Å²) in [5, 5.41) is 3.89. The van der Waals surface area contributed by atoms with E-state index >= 15 is 0 Å². The molecule has 1 fully saturated rings. The molecule has 0 saturated carbocycles. The lowest BCUT2D eigenvalue weighted by atomic mass is 10.2. The SMILES string of the molecule is NCc1nc(-c2cccc(OC3CSC3)c2)no1. The van der Waals surface area contributed by atoms with Crippen molar-refractivity contribution in [2.75, 3.05) is 11.5 Å². The van der Waals surface area contributed by atoms with Crippen molar-refractivity contribution < 1.29 is 9.26 Å². The number of nitrogens with zero attached hydrogens (tertiary/aromatic N) is 2. The molecule has 0 amide bonds. The summed E-state index contributed by atoms with van der Waals surface area (Å²) in [6, 6.07) is 7.72. The molecule has 1 aromatic heterocycles. The Bertz CT molecular complexity index is 540. The van der Waals surface area contributed by atoms with Crippen molar-refractivity contribution in [2.45, 2.75) is 12.6 Å². The van der Waals surface area contributed by atoms with E-state index in [1.165, 1.54) is 0 Å². The Morgan fingerprint density at radius 2 is 2.33 bits per heavy atom. The topological polar surface area (TPSA) is 74.2 Å². The summed E-state index contributed by atoms with van der Waals surface area (Å²) in [7, 11) is 0. The van der Waals surface area contributed by atoms with E-state index in [1.54, 1.807) is 0 Å². The van der Waals surface area contributed by atoms with E-state index in [4.69, 9.17) is 15.0 Å². The number of benzene rings is 1. The van der Waals surface area contributed by atoms with Gasteiger partial charge in [0.2, 0.25) is 11.7 Å². The number of ether oxygens (including phenoxy) is 1. The van der Waals surface area contributed by atoms with Crippen molar-refractivity contribution in [3.05, 3.63) is 30.2 Å².